The summed E-state index contributed by atoms with van der Waals surface area (Å²) in [4.78, 5) is 21.0. The molecule has 0 aliphatic heterocycles. The smallest absolute Gasteiger partial charge is 0.407 e. The molecule has 0 heterocycles. The van der Waals surface area contributed by atoms with Crippen molar-refractivity contribution in [3.63, 3.8) is 0 Å². The van der Waals surface area contributed by atoms with Gasteiger partial charge in [0.1, 0.15) is 5.60 Å². The fourth-order valence-corrected chi connectivity index (χ4v) is 2.44. The summed E-state index contributed by atoms with van der Waals surface area (Å²) < 4.78 is 5.08. The number of amides is 2. The van der Waals surface area contributed by atoms with E-state index in [-0.39, 0.29) is 6.09 Å². The highest BCUT2D eigenvalue weighted by Gasteiger charge is 2.15. The molecule has 0 aliphatic rings. The number of hydrogen-bond acceptors (Lipinski definition) is 6. The summed E-state index contributed by atoms with van der Waals surface area (Å²) in [7, 11) is 3.42. The number of hydrogen-bond donors (Lipinski definition) is 3. The van der Waals surface area contributed by atoms with Gasteiger partial charge in [-0.25, -0.2) is 4.79 Å². The SMILES string of the molecule is C=C(C)C(N)=O.CC(C)(C)OC(=O)NCCSSCCN. The first-order valence-corrected chi connectivity index (χ1v) is 8.95. The van der Waals surface area contributed by atoms with Gasteiger partial charge in [0.2, 0.25) is 5.91 Å². The Hall–Kier alpha value is -0.860. The van der Waals surface area contributed by atoms with Gasteiger partial charge in [0.15, 0.2) is 0 Å². The van der Waals surface area contributed by atoms with Crippen LogP contribution in [0.1, 0.15) is 27.7 Å². The number of alkyl carbamates (subject to hydrolysis) is 1. The second-order valence-corrected chi connectivity index (χ2v) is 7.71. The molecule has 0 radical (unpaired) electrons. The number of rotatable bonds is 7. The summed E-state index contributed by atoms with van der Waals surface area (Å²) in [6, 6.07) is 0. The Morgan fingerprint density at radius 3 is 2.10 bits per heavy atom. The first kappa shape index (κ1) is 22.4. The van der Waals surface area contributed by atoms with Crippen LogP contribution in [0.5, 0.6) is 0 Å². The molecule has 21 heavy (non-hydrogen) atoms. The van der Waals surface area contributed by atoms with Gasteiger partial charge in [-0.05, 0) is 27.7 Å². The Labute approximate surface area is 135 Å². The van der Waals surface area contributed by atoms with Crippen molar-refractivity contribution in [3.05, 3.63) is 12.2 Å². The van der Waals surface area contributed by atoms with E-state index in [9.17, 15) is 9.59 Å². The first-order valence-electron chi connectivity index (χ1n) is 6.46. The molecule has 0 atom stereocenters. The van der Waals surface area contributed by atoms with Crippen LogP contribution in [0.2, 0.25) is 0 Å². The Morgan fingerprint density at radius 2 is 1.71 bits per heavy atom. The highest BCUT2D eigenvalue weighted by Crippen LogP contribution is 2.18. The summed E-state index contributed by atoms with van der Waals surface area (Å²) in [6.07, 6.45) is -0.355. The zero-order chi connectivity index (χ0) is 16.9. The molecule has 0 aromatic heterocycles. The molecular formula is C13H27N3O3S2. The third kappa shape index (κ3) is 21.6. The van der Waals surface area contributed by atoms with Crippen molar-refractivity contribution in [2.24, 2.45) is 11.5 Å². The molecule has 0 spiro atoms. The summed E-state index contributed by atoms with van der Waals surface area (Å²) in [5.74, 6) is 1.37. The minimum absolute atomic E-state index is 0.355. The third-order valence-electron chi connectivity index (χ3n) is 1.56. The van der Waals surface area contributed by atoms with E-state index in [1.807, 2.05) is 20.8 Å². The molecule has 8 heteroatoms. The fraction of sp³-hybridized carbons (Fsp3) is 0.692. The summed E-state index contributed by atoms with van der Waals surface area (Å²) in [6.45, 7) is 11.7. The van der Waals surface area contributed by atoms with Crippen LogP contribution < -0.4 is 16.8 Å². The van der Waals surface area contributed by atoms with Crippen molar-refractivity contribution in [1.82, 2.24) is 5.32 Å². The average Bonchev–Trinajstić information content (AvgIpc) is 2.32. The van der Waals surface area contributed by atoms with Gasteiger partial charge in [-0.1, -0.05) is 28.2 Å². The van der Waals surface area contributed by atoms with E-state index < -0.39 is 11.5 Å². The molecule has 0 saturated heterocycles. The van der Waals surface area contributed by atoms with Gasteiger partial charge in [0, 0.05) is 30.2 Å². The van der Waals surface area contributed by atoms with Gasteiger partial charge in [-0.2, -0.15) is 0 Å². The standard InChI is InChI=1S/C9H20N2O2S2.C4H7NO/c1-9(2,3)13-8(12)11-5-7-15-14-6-4-10;1-3(2)4(5)6/h4-7,10H2,1-3H3,(H,11,12);1H2,2H3,(H2,5,6). The van der Waals surface area contributed by atoms with Gasteiger partial charge >= 0.3 is 6.09 Å². The Morgan fingerprint density at radius 1 is 1.24 bits per heavy atom. The number of primary amides is 1. The van der Waals surface area contributed by atoms with Crippen LogP contribution >= 0.6 is 21.6 Å². The Balaban J connectivity index is 0. The van der Waals surface area contributed by atoms with Crippen LogP contribution in [-0.2, 0) is 9.53 Å². The molecule has 0 bridgehead atoms. The summed E-state index contributed by atoms with van der Waals surface area (Å²) >= 11 is 0. The maximum Gasteiger partial charge on any atom is 0.407 e. The Bertz CT molecular complexity index is 319. The van der Waals surface area contributed by atoms with Crippen molar-refractivity contribution in [3.8, 4) is 0 Å². The van der Waals surface area contributed by atoms with E-state index in [1.165, 1.54) is 0 Å². The van der Waals surface area contributed by atoms with Crippen LogP contribution in [0.4, 0.5) is 4.79 Å². The number of nitrogens with one attached hydrogen (secondary N) is 1. The highest BCUT2D eigenvalue weighted by atomic mass is 33.1. The largest absolute Gasteiger partial charge is 0.444 e. The topological polar surface area (TPSA) is 107 Å². The minimum atomic E-state index is -0.435. The lowest BCUT2D eigenvalue weighted by molar-refractivity contribution is -0.114. The van der Waals surface area contributed by atoms with E-state index in [1.54, 1.807) is 28.5 Å². The maximum atomic E-state index is 11.2. The second kappa shape index (κ2) is 12.8. The van der Waals surface area contributed by atoms with Crippen molar-refractivity contribution in [1.29, 1.82) is 0 Å². The van der Waals surface area contributed by atoms with Gasteiger partial charge < -0.3 is 21.5 Å². The van der Waals surface area contributed by atoms with Gasteiger partial charge in [-0.15, -0.1) is 0 Å². The monoisotopic (exact) mass is 337 g/mol. The lowest BCUT2D eigenvalue weighted by atomic mass is 10.2. The van der Waals surface area contributed by atoms with E-state index in [0.717, 1.165) is 11.5 Å². The first-order chi connectivity index (χ1) is 9.60. The van der Waals surface area contributed by atoms with Crippen LogP contribution in [-0.4, -0.2) is 42.2 Å². The van der Waals surface area contributed by atoms with E-state index in [4.69, 9.17) is 16.2 Å². The minimum Gasteiger partial charge on any atom is -0.444 e. The molecule has 0 unspecified atom stereocenters. The average molecular weight is 338 g/mol. The van der Waals surface area contributed by atoms with E-state index in [2.05, 4.69) is 11.9 Å². The normalized spacial score (nSPS) is 10.1. The summed E-state index contributed by atoms with van der Waals surface area (Å²) in [5.41, 5.74) is 10.0. The van der Waals surface area contributed by atoms with Crippen molar-refractivity contribution < 1.29 is 14.3 Å². The lowest BCUT2D eigenvalue weighted by Crippen LogP contribution is -2.33. The summed E-state index contributed by atoms with van der Waals surface area (Å²) in [5, 5.41) is 2.69. The Kier molecular flexibility index (Phi) is 13.7. The molecule has 5 N–H and O–H groups in total. The van der Waals surface area contributed by atoms with Gasteiger partial charge in [0.25, 0.3) is 0 Å². The molecule has 0 saturated carbocycles. The molecular weight excluding hydrogens is 310 g/mol. The third-order valence-corrected chi connectivity index (χ3v) is 4.00. The predicted octanol–water partition coefficient (Wildman–Crippen LogP) is 1.90. The zero-order valence-electron chi connectivity index (χ0n) is 13.2. The number of nitrogens with two attached hydrogens (primary N) is 2. The highest BCUT2D eigenvalue weighted by molar-refractivity contribution is 8.76. The fourth-order valence-electron chi connectivity index (χ4n) is 0.675. The van der Waals surface area contributed by atoms with E-state index in [0.29, 0.717) is 18.7 Å². The molecule has 6 nitrogen and oxygen atoms in total. The number of ether oxygens (including phenoxy) is 1. The molecule has 0 rings (SSSR count). The number of carbonyl (C=O) groups is 2. The second-order valence-electron chi connectivity index (χ2n) is 5.01. The van der Waals surface area contributed by atoms with E-state index >= 15 is 0 Å². The molecule has 0 fully saturated rings. The predicted molar refractivity (Wildman–Crippen MR) is 92.2 cm³/mol. The van der Waals surface area contributed by atoms with Crippen molar-refractivity contribution in [2.45, 2.75) is 33.3 Å². The molecule has 124 valence electrons. The maximum absolute atomic E-state index is 11.2. The molecule has 2 amide bonds. The lowest BCUT2D eigenvalue weighted by Gasteiger charge is -2.19. The number of carbonyl (C=O) groups excluding carboxylic acids is 2. The van der Waals surface area contributed by atoms with Crippen LogP contribution in [0, 0.1) is 0 Å². The molecule has 0 aromatic rings. The quantitative estimate of drug-likeness (QED) is 0.372. The van der Waals surface area contributed by atoms with Crippen molar-refractivity contribution >= 4 is 33.6 Å². The van der Waals surface area contributed by atoms with Crippen LogP contribution in [0.15, 0.2) is 12.2 Å². The van der Waals surface area contributed by atoms with Gasteiger partial charge in [0.05, 0.1) is 0 Å². The van der Waals surface area contributed by atoms with Gasteiger partial charge in [-0.3, -0.25) is 4.79 Å². The van der Waals surface area contributed by atoms with Crippen LogP contribution in [0.3, 0.4) is 0 Å². The molecule has 0 aromatic carbocycles. The zero-order valence-corrected chi connectivity index (χ0v) is 14.9. The van der Waals surface area contributed by atoms with Crippen molar-refractivity contribution in [2.75, 3.05) is 24.6 Å². The van der Waals surface area contributed by atoms with Crippen LogP contribution in [0.25, 0.3) is 0 Å². The molecule has 0 aliphatic carbocycles.